The monoisotopic (exact) mass is 193 g/mol. The van der Waals surface area contributed by atoms with Crippen molar-refractivity contribution in [1.29, 1.82) is 0 Å². The fourth-order valence-corrected chi connectivity index (χ4v) is 1.18. The Labute approximate surface area is 83.7 Å². The minimum absolute atomic E-state index is 0.0234. The molecule has 1 aromatic heterocycles. The SMILES string of the molecule is CCN(C)C(=O)c1cc(C)nc(N)c1. The van der Waals surface area contributed by atoms with Crippen molar-refractivity contribution in [3.05, 3.63) is 23.4 Å². The molecule has 2 N–H and O–H groups in total. The molecule has 0 aliphatic rings. The Morgan fingerprint density at radius 1 is 1.57 bits per heavy atom. The predicted octanol–water partition coefficient (Wildman–Crippen LogP) is 1.06. The molecule has 0 aliphatic heterocycles. The van der Waals surface area contributed by atoms with E-state index >= 15 is 0 Å². The first kappa shape index (κ1) is 10.5. The maximum absolute atomic E-state index is 11.7. The van der Waals surface area contributed by atoms with E-state index in [2.05, 4.69) is 4.98 Å². The Hall–Kier alpha value is -1.58. The lowest BCUT2D eigenvalue weighted by Crippen LogP contribution is -2.26. The number of nitrogens with zero attached hydrogens (tertiary/aromatic N) is 2. The number of hydrogen-bond acceptors (Lipinski definition) is 3. The number of aryl methyl sites for hydroxylation is 1. The van der Waals surface area contributed by atoms with Gasteiger partial charge in [0.15, 0.2) is 0 Å². The van der Waals surface area contributed by atoms with E-state index < -0.39 is 0 Å². The highest BCUT2D eigenvalue weighted by atomic mass is 16.2. The van der Waals surface area contributed by atoms with Crippen LogP contribution in [0, 0.1) is 6.92 Å². The smallest absolute Gasteiger partial charge is 0.253 e. The van der Waals surface area contributed by atoms with Crippen LogP contribution in [0.2, 0.25) is 0 Å². The number of amides is 1. The molecule has 0 aromatic carbocycles. The molecule has 1 rings (SSSR count). The van der Waals surface area contributed by atoms with Crippen LogP contribution in [0.3, 0.4) is 0 Å². The van der Waals surface area contributed by atoms with Crippen molar-refractivity contribution < 1.29 is 4.79 Å². The van der Waals surface area contributed by atoms with Crippen LogP contribution in [0.25, 0.3) is 0 Å². The number of rotatable bonds is 2. The lowest BCUT2D eigenvalue weighted by atomic mass is 10.2. The lowest BCUT2D eigenvalue weighted by molar-refractivity contribution is 0.0802. The zero-order valence-electron chi connectivity index (χ0n) is 8.74. The van der Waals surface area contributed by atoms with Gasteiger partial charge in [-0.15, -0.1) is 0 Å². The second-order valence-corrected chi connectivity index (χ2v) is 3.24. The first-order valence-corrected chi connectivity index (χ1v) is 4.54. The molecule has 0 saturated heterocycles. The van der Waals surface area contributed by atoms with Gasteiger partial charge in [-0.3, -0.25) is 4.79 Å². The highest BCUT2D eigenvalue weighted by molar-refractivity contribution is 5.94. The molecule has 0 bridgehead atoms. The third-order valence-electron chi connectivity index (χ3n) is 2.04. The van der Waals surface area contributed by atoms with Crippen LogP contribution >= 0.6 is 0 Å². The van der Waals surface area contributed by atoms with Crippen molar-refractivity contribution >= 4 is 11.7 Å². The molecule has 76 valence electrons. The van der Waals surface area contributed by atoms with E-state index in [1.165, 1.54) is 0 Å². The first-order valence-electron chi connectivity index (χ1n) is 4.54. The van der Waals surface area contributed by atoms with Gasteiger partial charge in [0.2, 0.25) is 0 Å². The van der Waals surface area contributed by atoms with Crippen LogP contribution in [-0.4, -0.2) is 29.4 Å². The lowest BCUT2D eigenvalue weighted by Gasteiger charge is -2.14. The maximum Gasteiger partial charge on any atom is 0.253 e. The zero-order chi connectivity index (χ0) is 10.7. The minimum Gasteiger partial charge on any atom is -0.384 e. The molecule has 0 fully saturated rings. The number of nitrogen functional groups attached to an aromatic ring is 1. The van der Waals surface area contributed by atoms with Gasteiger partial charge in [-0.05, 0) is 26.0 Å². The van der Waals surface area contributed by atoms with Crippen molar-refractivity contribution in [1.82, 2.24) is 9.88 Å². The molecule has 0 spiro atoms. The average molecular weight is 193 g/mol. The minimum atomic E-state index is -0.0234. The number of nitrogens with two attached hydrogens (primary N) is 1. The van der Waals surface area contributed by atoms with E-state index in [9.17, 15) is 4.79 Å². The quantitative estimate of drug-likeness (QED) is 0.764. The summed E-state index contributed by atoms with van der Waals surface area (Å²) >= 11 is 0. The summed E-state index contributed by atoms with van der Waals surface area (Å²) in [7, 11) is 1.76. The van der Waals surface area contributed by atoms with E-state index in [-0.39, 0.29) is 5.91 Å². The molecule has 0 atom stereocenters. The van der Waals surface area contributed by atoms with Gasteiger partial charge in [-0.2, -0.15) is 0 Å². The largest absolute Gasteiger partial charge is 0.384 e. The van der Waals surface area contributed by atoms with E-state index in [1.807, 2.05) is 13.8 Å². The van der Waals surface area contributed by atoms with Crippen LogP contribution in [0.1, 0.15) is 23.0 Å². The van der Waals surface area contributed by atoms with Crippen molar-refractivity contribution in [3.63, 3.8) is 0 Å². The number of anilines is 1. The second kappa shape index (κ2) is 4.09. The normalized spacial score (nSPS) is 9.93. The molecular weight excluding hydrogens is 178 g/mol. The Kier molecular flexibility index (Phi) is 3.06. The van der Waals surface area contributed by atoms with Gasteiger partial charge in [0.25, 0.3) is 5.91 Å². The molecule has 14 heavy (non-hydrogen) atoms. The summed E-state index contributed by atoms with van der Waals surface area (Å²) in [5.41, 5.74) is 6.92. The van der Waals surface area contributed by atoms with Gasteiger partial charge < -0.3 is 10.6 Å². The molecule has 0 radical (unpaired) electrons. The number of carbonyl (C=O) groups excluding carboxylic acids is 1. The summed E-state index contributed by atoms with van der Waals surface area (Å²) in [4.78, 5) is 17.4. The van der Waals surface area contributed by atoms with Crippen molar-refractivity contribution in [2.24, 2.45) is 0 Å². The summed E-state index contributed by atoms with van der Waals surface area (Å²) in [6.45, 7) is 4.43. The average Bonchev–Trinajstić information content (AvgIpc) is 2.14. The molecule has 4 nitrogen and oxygen atoms in total. The third kappa shape index (κ3) is 2.22. The molecule has 0 aliphatic carbocycles. The fraction of sp³-hybridized carbons (Fsp3) is 0.400. The number of aromatic nitrogens is 1. The van der Waals surface area contributed by atoms with E-state index in [0.717, 1.165) is 5.69 Å². The van der Waals surface area contributed by atoms with Crippen LogP contribution in [-0.2, 0) is 0 Å². The molecule has 1 aromatic rings. The Morgan fingerprint density at radius 2 is 2.21 bits per heavy atom. The van der Waals surface area contributed by atoms with Crippen LogP contribution in [0.15, 0.2) is 12.1 Å². The predicted molar refractivity (Wildman–Crippen MR) is 56.0 cm³/mol. The summed E-state index contributed by atoms with van der Waals surface area (Å²) in [6, 6.07) is 3.34. The molecule has 4 heteroatoms. The third-order valence-corrected chi connectivity index (χ3v) is 2.04. The molecule has 1 heterocycles. The standard InChI is InChI=1S/C10H15N3O/c1-4-13(3)10(14)8-5-7(2)12-9(11)6-8/h5-6H,4H2,1-3H3,(H2,11,12). The van der Waals surface area contributed by atoms with E-state index in [4.69, 9.17) is 5.73 Å². The van der Waals surface area contributed by atoms with Crippen LogP contribution < -0.4 is 5.73 Å². The molecular formula is C10H15N3O. The number of carbonyl (C=O) groups is 1. The van der Waals surface area contributed by atoms with Gasteiger partial charge in [-0.25, -0.2) is 4.98 Å². The van der Waals surface area contributed by atoms with Crippen LogP contribution in [0.5, 0.6) is 0 Å². The Morgan fingerprint density at radius 3 is 2.71 bits per heavy atom. The molecule has 0 unspecified atom stereocenters. The topological polar surface area (TPSA) is 59.2 Å². The summed E-state index contributed by atoms with van der Waals surface area (Å²) in [6.07, 6.45) is 0. The van der Waals surface area contributed by atoms with Crippen molar-refractivity contribution in [2.45, 2.75) is 13.8 Å². The molecule has 1 amide bonds. The number of hydrogen-bond donors (Lipinski definition) is 1. The highest BCUT2D eigenvalue weighted by Crippen LogP contribution is 2.09. The number of pyridine rings is 1. The molecule has 0 saturated carbocycles. The van der Waals surface area contributed by atoms with Crippen molar-refractivity contribution in [2.75, 3.05) is 19.3 Å². The Bertz CT molecular complexity index is 329. The zero-order valence-corrected chi connectivity index (χ0v) is 8.74. The van der Waals surface area contributed by atoms with Crippen LogP contribution in [0.4, 0.5) is 5.82 Å². The second-order valence-electron chi connectivity index (χ2n) is 3.24. The summed E-state index contributed by atoms with van der Waals surface area (Å²) in [5.74, 6) is 0.363. The first-order chi connectivity index (χ1) is 6.54. The summed E-state index contributed by atoms with van der Waals surface area (Å²) in [5, 5.41) is 0. The van der Waals surface area contributed by atoms with Crippen molar-refractivity contribution in [3.8, 4) is 0 Å². The Balaban J connectivity index is 3.01. The van der Waals surface area contributed by atoms with Gasteiger partial charge >= 0.3 is 0 Å². The van der Waals surface area contributed by atoms with Gasteiger partial charge in [0.1, 0.15) is 5.82 Å². The highest BCUT2D eigenvalue weighted by Gasteiger charge is 2.10. The van der Waals surface area contributed by atoms with Gasteiger partial charge in [-0.1, -0.05) is 0 Å². The maximum atomic E-state index is 11.7. The summed E-state index contributed by atoms with van der Waals surface area (Å²) < 4.78 is 0. The fourth-order valence-electron chi connectivity index (χ4n) is 1.18. The van der Waals surface area contributed by atoms with Gasteiger partial charge in [0.05, 0.1) is 0 Å². The van der Waals surface area contributed by atoms with Gasteiger partial charge in [0, 0.05) is 24.8 Å². The van der Waals surface area contributed by atoms with E-state index in [1.54, 1.807) is 24.1 Å². The van der Waals surface area contributed by atoms with E-state index in [0.29, 0.717) is 17.9 Å².